The number of nitriles is 1. The van der Waals surface area contributed by atoms with Gasteiger partial charge in [-0.3, -0.25) is 0 Å². The van der Waals surface area contributed by atoms with Crippen LogP contribution in [0.3, 0.4) is 0 Å². The van der Waals surface area contributed by atoms with Gasteiger partial charge in [0.05, 0.1) is 12.7 Å². The standard InChI is InChI=1S/C17H22N2O/c1-12(2)15(11-19-16-5-6-16)9-13-4-7-17(20-3)14(8-13)10-18/h4,7-9,12,16,19H,5-6,11H2,1-3H3. The van der Waals surface area contributed by atoms with E-state index in [9.17, 15) is 0 Å². The van der Waals surface area contributed by atoms with Crippen LogP contribution >= 0.6 is 0 Å². The zero-order valence-corrected chi connectivity index (χ0v) is 12.4. The first-order chi connectivity index (χ1) is 9.63. The molecule has 0 unspecified atom stereocenters. The molecule has 2 rings (SSSR count). The number of hydrogen-bond acceptors (Lipinski definition) is 3. The molecule has 106 valence electrons. The van der Waals surface area contributed by atoms with Gasteiger partial charge in [-0.15, -0.1) is 0 Å². The van der Waals surface area contributed by atoms with Gasteiger partial charge >= 0.3 is 0 Å². The average Bonchev–Trinajstić information content (AvgIpc) is 3.26. The van der Waals surface area contributed by atoms with Gasteiger partial charge in [-0.2, -0.15) is 5.26 Å². The Bertz CT molecular complexity index is 536. The van der Waals surface area contributed by atoms with Gasteiger partial charge in [0, 0.05) is 12.6 Å². The smallest absolute Gasteiger partial charge is 0.136 e. The van der Waals surface area contributed by atoms with E-state index in [1.807, 2.05) is 18.2 Å². The minimum absolute atomic E-state index is 0.494. The van der Waals surface area contributed by atoms with Gasteiger partial charge in [0.2, 0.25) is 0 Å². The molecule has 1 aliphatic rings. The Morgan fingerprint density at radius 3 is 2.80 bits per heavy atom. The number of methoxy groups -OCH3 is 1. The summed E-state index contributed by atoms with van der Waals surface area (Å²) in [4.78, 5) is 0. The van der Waals surface area contributed by atoms with Crippen molar-refractivity contribution >= 4 is 6.08 Å². The van der Waals surface area contributed by atoms with Crippen molar-refractivity contribution in [3.8, 4) is 11.8 Å². The van der Waals surface area contributed by atoms with Crippen LogP contribution in [0, 0.1) is 17.2 Å². The molecule has 0 heterocycles. The molecule has 0 spiro atoms. The summed E-state index contributed by atoms with van der Waals surface area (Å²) in [5, 5.41) is 12.7. The van der Waals surface area contributed by atoms with Crippen LogP contribution in [0.1, 0.15) is 37.8 Å². The molecule has 0 amide bonds. The summed E-state index contributed by atoms with van der Waals surface area (Å²) in [7, 11) is 1.59. The van der Waals surface area contributed by atoms with Crippen LogP contribution < -0.4 is 10.1 Å². The van der Waals surface area contributed by atoms with E-state index in [-0.39, 0.29) is 0 Å². The maximum absolute atomic E-state index is 9.14. The van der Waals surface area contributed by atoms with Crippen molar-refractivity contribution in [1.29, 1.82) is 5.26 Å². The lowest BCUT2D eigenvalue weighted by Gasteiger charge is -2.13. The summed E-state index contributed by atoms with van der Waals surface area (Å²) in [6.07, 6.45) is 4.78. The third-order valence-corrected chi connectivity index (χ3v) is 3.61. The summed E-state index contributed by atoms with van der Waals surface area (Å²) >= 11 is 0. The summed E-state index contributed by atoms with van der Waals surface area (Å²) in [5.41, 5.74) is 3.01. The van der Waals surface area contributed by atoms with E-state index in [0.29, 0.717) is 23.3 Å². The lowest BCUT2D eigenvalue weighted by molar-refractivity contribution is 0.413. The van der Waals surface area contributed by atoms with Gasteiger partial charge in [-0.05, 0) is 36.5 Å². The second-order valence-electron chi connectivity index (χ2n) is 5.60. The van der Waals surface area contributed by atoms with Crippen molar-refractivity contribution in [1.82, 2.24) is 5.32 Å². The molecular weight excluding hydrogens is 248 g/mol. The molecule has 0 aliphatic heterocycles. The highest BCUT2D eigenvalue weighted by Crippen LogP contribution is 2.23. The van der Waals surface area contributed by atoms with Crippen LogP contribution in [-0.4, -0.2) is 19.7 Å². The lowest BCUT2D eigenvalue weighted by atomic mass is 9.99. The van der Waals surface area contributed by atoms with Crippen LogP contribution in [0.15, 0.2) is 23.8 Å². The van der Waals surface area contributed by atoms with Crippen molar-refractivity contribution in [2.24, 2.45) is 5.92 Å². The largest absolute Gasteiger partial charge is 0.495 e. The van der Waals surface area contributed by atoms with Crippen molar-refractivity contribution in [2.75, 3.05) is 13.7 Å². The first kappa shape index (κ1) is 14.6. The number of rotatable bonds is 6. The monoisotopic (exact) mass is 270 g/mol. The zero-order valence-electron chi connectivity index (χ0n) is 12.4. The number of nitrogens with one attached hydrogen (secondary N) is 1. The molecule has 0 saturated heterocycles. The van der Waals surface area contributed by atoms with E-state index >= 15 is 0 Å². The lowest BCUT2D eigenvalue weighted by Crippen LogP contribution is -2.21. The minimum atomic E-state index is 0.494. The first-order valence-corrected chi connectivity index (χ1v) is 7.16. The van der Waals surface area contributed by atoms with E-state index in [2.05, 4.69) is 31.3 Å². The molecule has 1 aromatic carbocycles. The molecule has 1 aromatic rings. The Labute approximate surface area is 121 Å². The van der Waals surface area contributed by atoms with Gasteiger partial charge in [0.1, 0.15) is 11.8 Å². The van der Waals surface area contributed by atoms with Gasteiger partial charge in [0.15, 0.2) is 0 Å². The van der Waals surface area contributed by atoms with E-state index in [4.69, 9.17) is 10.00 Å². The Morgan fingerprint density at radius 1 is 1.50 bits per heavy atom. The fourth-order valence-electron chi connectivity index (χ4n) is 2.09. The SMILES string of the molecule is COc1ccc(C=C(CNC2CC2)C(C)C)cc1C#N. The van der Waals surface area contributed by atoms with Gasteiger partial charge in [-0.25, -0.2) is 0 Å². The molecular formula is C17H22N2O. The van der Waals surface area contributed by atoms with Crippen molar-refractivity contribution in [3.05, 3.63) is 34.9 Å². The molecule has 0 atom stereocenters. The predicted octanol–water partition coefficient (Wildman–Crippen LogP) is 3.36. The van der Waals surface area contributed by atoms with Crippen LogP contribution in [0.25, 0.3) is 6.08 Å². The minimum Gasteiger partial charge on any atom is -0.495 e. The molecule has 3 nitrogen and oxygen atoms in total. The summed E-state index contributed by atoms with van der Waals surface area (Å²) in [6.45, 7) is 5.33. The number of hydrogen-bond donors (Lipinski definition) is 1. The van der Waals surface area contributed by atoms with Crippen LogP contribution in [0.2, 0.25) is 0 Å². The van der Waals surface area contributed by atoms with E-state index < -0.39 is 0 Å². The average molecular weight is 270 g/mol. The maximum atomic E-state index is 9.14. The third-order valence-electron chi connectivity index (χ3n) is 3.61. The summed E-state index contributed by atoms with van der Waals surface area (Å²) in [6, 6.07) is 8.63. The molecule has 20 heavy (non-hydrogen) atoms. The Balaban J connectivity index is 2.18. The molecule has 1 fully saturated rings. The number of benzene rings is 1. The fraction of sp³-hybridized carbons (Fsp3) is 0.471. The van der Waals surface area contributed by atoms with Crippen LogP contribution in [-0.2, 0) is 0 Å². The Hall–Kier alpha value is -1.79. The second-order valence-corrected chi connectivity index (χ2v) is 5.60. The van der Waals surface area contributed by atoms with E-state index in [1.165, 1.54) is 18.4 Å². The van der Waals surface area contributed by atoms with E-state index in [1.54, 1.807) is 7.11 Å². The molecule has 0 aromatic heterocycles. The van der Waals surface area contributed by atoms with Crippen molar-refractivity contribution in [3.63, 3.8) is 0 Å². The Kier molecular flexibility index (Phi) is 4.81. The van der Waals surface area contributed by atoms with Gasteiger partial charge in [-0.1, -0.05) is 31.6 Å². The second kappa shape index (κ2) is 6.58. The van der Waals surface area contributed by atoms with Crippen LogP contribution in [0.5, 0.6) is 5.75 Å². The van der Waals surface area contributed by atoms with E-state index in [0.717, 1.165) is 12.1 Å². The third kappa shape index (κ3) is 3.85. The molecule has 0 bridgehead atoms. The molecule has 3 heteroatoms. The first-order valence-electron chi connectivity index (χ1n) is 7.16. The number of nitrogens with zero attached hydrogens (tertiary/aromatic N) is 1. The number of ether oxygens (including phenoxy) is 1. The normalized spacial score (nSPS) is 15.2. The highest BCUT2D eigenvalue weighted by Gasteiger charge is 2.20. The topological polar surface area (TPSA) is 45.0 Å². The molecule has 0 radical (unpaired) electrons. The van der Waals surface area contributed by atoms with Crippen molar-refractivity contribution in [2.45, 2.75) is 32.7 Å². The molecule has 1 N–H and O–H groups in total. The molecule has 1 aliphatic carbocycles. The highest BCUT2D eigenvalue weighted by atomic mass is 16.5. The zero-order chi connectivity index (χ0) is 14.5. The summed E-state index contributed by atoms with van der Waals surface area (Å²) < 4.78 is 5.18. The molecule has 1 saturated carbocycles. The fourth-order valence-corrected chi connectivity index (χ4v) is 2.09. The predicted molar refractivity (Wildman–Crippen MR) is 81.5 cm³/mol. The summed E-state index contributed by atoms with van der Waals surface area (Å²) in [5.74, 6) is 1.13. The van der Waals surface area contributed by atoms with Crippen molar-refractivity contribution < 1.29 is 4.74 Å². The van der Waals surface area contributed by atoms with Crippen LogP contribution in [0.4, 0.5) is 0 Å². The maximum Gasteiger partial charge on any atom is 0.136 e. The van der Waals surface area contributed by atoms with Gasteiger partial charge in [0.25, 0.3) is 0 Å². The van der Waals surface area contributed by atoms with Gasteiger partial charge < -0.3 is 10.1 Å². The quantitative estimate of drug-likeness (QED) is 0.862. The highest BCUT2D eigenvalue weighted by molar-refractivity contribution is 5.59. The Morgan fingerprint density at radius 2 is 2.25 bits per heavy atom.